The predicted octanol–water partition coefficient (Wildman–Crippen LogP) is 4.41. The average Bonchev–Trinajstić information content (AvgIpc) is 2.81. The van der Waals surface area contributed by atoms with Gasteiger partial charge in [0.15, 0.2) is 0 Å². The molecule has 2 atom stereocenters. The molecule has 0 aromatic heterocycles. The van der Waals surface area contributed by atoms with Gasteiger partial charge in [-0.05, 0) is 62.6 Å². The number of halogens is 2. The standard InChI is InChI=1S/C25H33Cl2N3O5S/c1-7-17(3)28-25(32)18(4)29(14-19-9-10-20(26)21(27)13-19)24(31)15-30(36(6,33)34)22-12-16(2)8-11-23(22)35-5/h8-13,17-18H,7,14-15H2,1-6H3,(H,28,32)/t17-,18+/m1/s1. The number of hydrogen-bond acceptors (Lipinski definition) is 5. The Hall–Kier alpha value is -2.49. The maximum Gasteiger partial charge on any atom is 0.244 e. The zero-order chi connectivity index (χ0) is 27.2. The lowest BCUT2D eigenvalue weighted by Crippen LogP contribution is -2.52. The van der Waals surface area contributed by atoms with Crippen LogP contribution in [-0.2, 0) is 26.2 Å². The number of carbonyl (C=O) groups excluding carboxylic acids is 2. The van der Waals surface area contributed by atoms with Crippen LogP contribution in [0.5, 0.6) is 5.75 Å². The van der Waals surface area contributed by atoms with E-state index in [1.165, 1.54) is 12.0 Å². The number of carbonyl (C=O) groups is 2. The van der Waals surface area contributed by atoms with Crippen LogP contribution in [0.25, 0.3) is 0 Å². The van der Waals surface area contributed by atoms with Crippen molar-refractivity contribution in [3.63, 3.8) is 0 Å². The molecule has 198 valence electrons. The van der Waals surface area contributed by atoms with Crippen LogP contribution in [0.3, 0.4) is 0 Å². The SMILES string of the molecule is CC[C@@H](C)NC(=O)[C@H](C)N(Cc1ccc(Cl)c(Cl)c1)C(=O)CN(c1cc(C)ccc1OC)S(C)(=O)=O. The van der Waals surface area contributed by atoms with E-state index in [9.17, 15) is 18.0 Å². The molecule has 0 fully saturated rings. The maximum absolute atomic E-state index is 13.7. The Labute approximate surface area is 223 Å². The first-order valence-electron chi connectivity index (χ1n) is 11.4. The van der Waals surface area contributed by atoms with Crippen molar-refractivity contribution in [1.82, 2.24) is 10.2 Å². The van der Waals surface area contributed by atoms with Gasteiger partial charge in [-0.3, -0.25) is 13.9 Å². The molecule has 0 unspecified atom stereocenters. The Balaban J connectivity index is 2.48. The summed E-state index contributed by atoms with van der Waals surface area (Å²) in [6, 6.07) is 8.99. The van der Waals surface area contributed by atoms with E-state index in [2.05, 4.69) is 5.32 Å². The molecule has 2 aromatic carbocycles. The molecular weight excluding hydrogens is 525 g/mol. The number of benzene rings is 2. The molecule has 0 spiro atoms. The highest BCUT2D eigenvalue weighted by atomic mass is 35.5. The molecule has 0 saturated heterocycles. The maximum atomic E-state index is 13.7. The topological polar surface area (TPSA) is 96.0 Å². The number of ether oxygens (including phenoxy) is 1. The molecule has 2 rings (SSSR count). The summed E-state index contributed by atoms with van der Waals surface area (Å²) in [7, 11) is -2.46. The van der Waals surface area contributed by atoms with Gasteiger partial charge in [-0.15, -0.1) is 0 Å². The highest BCUT2D eigenvalue weighted by Gasteiger charge is 2.31. The fourth-order valence-electron chi connectivity index (χ4n) is 3.47. The third-order valence-electron chi connectivity index (χ3n) is 5.79. The predicted molar refractivity (Wildman–Crippen MR) is 144 cm³/mol. The molecule has 8 nitrogen and oxygen atoms in total. The largest absolute Gasteiger partial charge is 0.495 e. The van der Waals surface area contributed by atoms with E-state index in [1.807, 2.05) is 20.8 Å². The minimum absolute atomic E-state index is 0.0212. The van der Waals surface area contributed by atoms with E-state index < -0.39 is 28.5 Å². The van der Waals surface area contributed by atoms with E-state index >= 15 is 0 Å². The Kier molecular flexibility index (Phi) is 10.5. The second-order valence-electron chi connectivity index (χ2n) is 8.71. The fraction of sp³-hybridized carbons (Fsp3) is 0.440. The van der Waals surface area contributed by atoms with Crippen LogP contribution in [0.2, 0.25) is 10.0 Å². The molecule has 0 aliphatic rings. The molecule has 0 heterocycles. The van der Waals surface area contributed by atoms with Crippen molar-refractivity contribution in [2.45, 2.75) is 52.7 Å². The van der Waals surface area contributed by atoms with Crippen LogP contribution < -0.4 is 14.4 Å². The van der Waals surface area contributed by atoms with Crippen molar-refractivity contribution in [3.05, 3.63) is 57.6 Å². The first kappa shape index (κ1) is 29.7. The minimum atomic E-state index is -3.88. The van der Waals surface area contributed by atoms with E-state index in [0.717, 1.165) is 16.1 Å². The summed E-state index contributed by atoms with van der Waals surface area (Å²) < 4.78 is 31.9. The number of nitrogens with zero attached hydrogens (tertiary/aromatic N) is 2. The van der Waals surface area contributed by atoms with Crippen LogP contribution in [0.1, 0.15) is 38.3 Å². The monoisotopic (exact) mass is 557 g/mol. The van der Waals surface area contributed by atoms with Crippen LogP contribution in [0, 0.1) is 6.92 Å². The number of anilines is 1. The summed E-state index contributed by atoms with van der Waals surface area (Å²) in [5, 5.41) is 3.54. The number of amides is 2. The Morgan fingerprint density at radius 1 is 1.08 bits per heavy atom. The zero-order valence-corrected chi connectivity index (χ0v) is 23.7. The van der Waals surface area contributed by atoms with Crippen LogP contribution in [0.15, 0.2) is 36.4 Å². The van der Waals surface area contributed by atoms with Gasteiger partial charge >= 0.3 is 0 Å². The molecule has 2 amide bonds. The highest BCUT2D eigenvalue weighted by molar-refractivity contribution is 7.92. The van der Waals surface area contributed by atoms with Gasteiger partial charge in [0.1, 0.15) is 18.3 Å². The lowest BCUT2D eigenvalue weighted by molar-refractivity contribution is -0.139. The van der Waals surface area contributed by atoms with E-state index in [0.29, 0.717) is 27.8 Å². The quantitative estimate of drug-likeness (QED) is 0.441. The van der Waals surface area contributed by atoms with E-state index in [-0.39, 0.29) is 24.2 Å². The number of nitrogens with one attached hydrogen (secondary N) is 1. The highest BCUT2D eigenvalue weighted by Crippen LogP contribution is 2.31. The van der Waals surface area contributed by atoms with Crippen LogP contribution >= 0.6 is 23.2 Å². The summed E-state index contributed by atoms with van der Waals surface area (Å²) in [5.74, 6) is -0.615. The van der Waals surface area contributed by atoms with Crippen LogP contribution in [0.4, 0.5) is 5.69 Å². The number of methoxy groups -OCH3 is 1. The first-order valence-corrected chi connectivity index (χ1v) is 14.0. The summed E-state index contributed by atoms with van der Waals surface area (Å²) in [6.07, 6.45) is 1.73. The third-order valence-corrected chi connectivity index (χ3v) is 7.65. The molecule has 1 N–H and O–H groups in total. The van der Waals surface area contributed by atoms with Crippen molar-refractivity contribution in [2.24, 2.45) is 0 Å². The molecule has 0 bridgehead atoms. The first-order chi connectivity index (χ1) is 16.8. The van der Waals surface area contributed by atoms with Gasteiger partial charge in [0, 0.05) is 12.6 Å². The number of rotatable bonds is 11. The van der Waals surface area contributed by atoms with Crippen molar-refractivity contribution in [3.8, 4) is 5.75 Å². The lowest BCUT2D eigenvalue weighted by atomic mass is 10.1. The zero-order valence-electron chi connectivity index (χ0n) is 21.3. The molecule has 0 radical (unpaired) electrons. The summed E-state index contributed by atoms with van der Waals surface area (Å²) >= 11 is 12.2. The number of aryl methyl sites for hydroxylation is 1. The average molecular weight is 559 g/mol. The van der Waals surface area contributed by atoms with Gasteiger partial charge in [-0.1, -0.05) is 42.3 Å². The minimum Gasteiger partial charge on any atom is -0.495 e. The van der Waals surface area contributed by atoms with Gasteiger partial charge in [0.25, 0.3) is 0 Å². The second-order valence-corrected chi connectivity index (χ2v) is 11.4. The van der Waals surface area contributed by atoms with E-state index in [1.54, 1.807) is 43.3 Å². The molecule has 11 heteroatoms. The Morgan fingerprint density at radius 2 is 1.75 bits per heavy atom. The fourth-order valence-corrected chi connectivity index (χ4v) is 4.64. The van der Waals surface area contributed by atoms with Crippen LogP contribution in [-0.4, -0.2) is 57.1 Å². The Bertz CT molecular complexity index is 1210. The lowest BCUT2D eigenvalue weighted by Gasteiger charge is -2.32. The van der Waals surface area contributed by atoms with Gasteiger partial charge in [0.05, 0.1) is 29.1 Å². The normalized spacial score (nSPS) is 13.0. The molecule has 0 aliphatic heterocycles. The second kappa shape index (κ2) is 12.7. The summed E-state index contributed by atoms with van der Waals surface area (Å²) in [5.41, 5.74) is 1.67. The molecule has 36 heavy (non-hydrogen) atoms. The van der Waals surface area contributed by atoms with Gasteiger partial charge in [0.2, 0.25) is 21.8 Å². The van der Waals surface area contributed by atoms with Crippen molar-refractivity contribution < 1.29 is 22.7 Å². The molecule has 0 aliphatic carbocycles. The third kappa shape index (κ3) is 7.75. The summed E-state index contributed by atoms with van der Waals surface area (Å²) in [6.45, 7) is 6.71. The Morgan fingerprint density at radius 3 is 2.31 bits per heavy atom. The smallest absolute Gasteiger partial charge is 0.244 e. The summed E-state index contributed by atoms with van der Waals surface area (Å²) in [4.78, 5) is 27.9. The molecule has 0 saturated carbocycles. The van der Waals surface area contributed by atoms with E-state index in [4.69, 9.17) is 27.9 Å². The van der Waals surface area contributed by atoms with Crippen molar-refractivity contribution in [1.29, 1.82) is 0 Å². The van der Waals surface area contributed by atoms with Gasteiger partial charge < -0.3 is 15.0 Å². The number of hydrogen-bond donors (Lipinski definition) is 1. The van der Waals surface area contributed by atoms with Crippen molar-refractivity contribution >= 4 is 50.7 Å². The molecule has 2 aromatic rings. The van der Waals surface area contributed by atoms with Gasteiger partial charge in [-0.2, -0.15) is 0 Å². The number of sulfonamides is 1. The van der Waals surface area contributed by atoms with Crippen molar-refractivity contribution in [2.75, 3.05) is 24.2 Å². The van der Waals surface area contributed by atoms with Gasteiger partial charge in [-0.25, -0.2) is 8.42 Å². The molecular formula is C25H33Cl2N3O5S.